The molecule has 6 heteroatoms. The van der Waals surface area contributed by atoms with E-state index in [0.29, 0.717) is 19.3 Å². The van der Waals surface area contributed by atoms with Crippen molar-refractivity contribution in [2.75, 3.05) is 13.7 Å². The first-order chi connectivity index (χ1) is 12.9. The van der Waals surface area contributed by atoms with E-state index in [9.17, 15) is 14.5 Å². The Morgan fingerprint density at radius 3 is 2.89 bits per heavy atom. The fourth-order valence-electron chi connectivity index (χ4n) is 3.29. The molecular formula is C21H28BFO4. The average Bonchev–Trinajstić information content (AvgIpc) is 2.63. The highest BCUT2D eigenvalue weighted by Gasteiger charge is 2.28. The number of hydrogen-bond acceptors (Lipinski definition) is 4. The van der Waals surface area contributed by atoms with Gasteiger partial charge in [0.25, 0.3) is 0 Å². The minimum absolute atomic E-state index is 0.242. The summed E-state index contributed by atoms with van der Waals surface area (Å²) in [7, 11) is 0.817. The van der Waals surface area contributed by atoms with Crippen LogP contribution in [0.15, 0.2) is 47.6 Å². The van der Waals surface area contributed by atoms with Gasteiger partial charge < -0.3 is 19.5 Å². The highest BCUT2D eigenvalue weighted by Crippen LogP contribution is 2.29. The predicted molar refractivity (Wildman–Crippen MR) is 107 cm³/mol. The summed E-state index contributed by atoms with van der Waals surface area (Å²) in [5.74, 6) is -0.973. The number of benzene rings is 1. The van der Waals surface area contributed by atoms with E-state index in [0.717, 1.165) is 36.0 Å². The van der Waals surface area contributed by atoms with Crippen LogP contribution in [-0.4, -0.2) is 37.1 Å². The summed E-state index contributed by atoms with van der Waals surface area (Å²) in [6, 6.07) is 4.39. The summed E-state index contributed by atoms with van der Waals surface area (Å²) in [5, 5.41) is 19.2. The van der Waals surface area contributed by atoms with Gasteiger partial charge in [0.2, 0.25) is 0 Å². The zero-order valence-corrected chi connectivity index (χ0v) is 16.1. The predicted octanol–water partition coefficient (Wildman–Crippen LogP) is 4.50. The maximum atomic E-state index is 13.6. The van der Waals surface area contributed by atoms with Gasteiger partial charge in [-0.1, -0.05) is 43.7 Å². The van der Waals surface area contributed by atoms with Gasteiger partial charge in [-0.15, -0.1) is 0 Å². The molecule has 0 fully saturated rings. The van der Waals surface area contributed by atoms with Crippen LogP contribution in [0, 0.1) is 5.82 Å². The summed E-state index contributed by atoms with van der Waals surface area (Å²) in [5.41, 5.74) is 3.73. The fourth-order valence-corrected chi connectivity index (χ4v) is 3.29. The highest BCUT2D eigenvalue weighted by molar-refractivity contribution is 6.43. The Bertz CT molecular complexity index is 714. The summed E-state index contributed by atoms with van der Waals surface area (Å²) in [4.78, 5) is 0. The number of methoxy groups -OCH3 is 1. The maximum Gasteiger partial charge on any atom is 0.458 e. The van der Waals surface area contributed by atoms with Crippen molar-refractivity contribution in [2.45, 2.75) is 45.0 Å². The first kappa shape index (κ1) is 21.4. The van der Waals surface area contributed by atoms with Gasteiger partial charge in [-0.2, -0.15) is 0 Å². The summed E-state index contributed by atoms with van der Waals surface area (Å²) >= 11 is 0. The molecule has 0 aliphatic carbocycles. The van der Waals surface area contributed by atoms with Crippen molar-refractivity contribution in [3.8, 4) is 5.75 Å². The number of aromatic hydroxyl groups is 1. The molecule has 0 bridgehead atoms. The van der Waals surface area contributed by atoms with Gasteiger partial charge >= 0.3 is 7.12 Å². The molecule has 1 unspecified atom stereocenters. The SMILES string of the molecule is C=C(COC)C1=CCB(O)OC1CC/C(=C/c1ccc(O)c(F)c1)CCC. The lowest BCUT2D eigenvalue weighted by atomic mass is 9.78. The van der Waals surface area contributed by atoms with E-state index >= 15 is 0 Å². The van der Waals surface area contributed by atoms with Crippen molar-refractivity contribution in [3.63, 3.8) is 0 Å². The molecule has 0 radical (unpaired) electrons. The van der Waals surface area contributed by atoms with Crippen molar-refractivity contribution in [2.24, 2.45) is 0 Å². The number of ether oxygens (including phenoxy) is 1. The van der Waals surface area contributed by atoms with Crippen molar-refractivity contribution in [3.05, 3.63) is 59.0 Å². The Hall–Kier alpha value is -1.89. The van der Waals surface area contributed by atoms with E-state index in [2.05, 4.69) is 13.5 Å². The minimum atomic E-state index is -0.807. The number of halogens is 1. The Labute approximate surface area is 161 Å². The quantitative estimate of drug-likeness (QED) is 0.625. The van der Waals surface area contributed by atoms with Crippen LogP contribution in [0.5, 0.6) is 5.75 Å². The molecule has 27 heavy (non-hydrogen) atoms. The number of phenols is 1. The maximum absolute atomic E-state index is 13.6. The van der Waals surface area contributed by atoms with Gasteiger partial charge in [-0.05, 0) is 48.1 Å². The van der Waals surface area contributed by atoms with E-state index in [4.69, 9.17) is 9.39 Å². The number of hydrogen-bond donors (Lipinski definition) is 2. The van der Waals surface area contributed by atoms with Crippen LogP contribution in [0.4, 0.5) is 4.39 Å². The van der Waals surface area contributed by atoms with Gasteiger partial charge in [0.15, 0.2) is 11.6 Å². The molecule has 0 aromatic heterocycles. The van der Waals surface area contributed by atoms with Gasteiger partial charge in [-0.3, -0.25) is 0 Å². The van der Waals surface area contributed by atoms with Crippen LogP contribution in [0.3, 0.4) is 0 Å². The van der Waals surface area contributed by atoms with E-state index in [1.807, 2.05) is 12.2 Å². The topological polar surface area (TPSA) is 58.9 Å². The highest BCUT2D eigenvalue weighted by atomic mass is 19.1. The van der Waals surface area contributed by atoms with Crippen LogP contribution in [0.1, 0.15) is 38.2 Å². The second-order valence-electron chi connectivity index (χ2n) is 6.81. The van der Waals surface area contributed by atoms with Crippen molar-refractivity contribution >= 4 is 13.2 Å². The third-order valence-corrected chi connectivity index (χ3v) is 4.58. The first-order valence-electron chi connectivity index (χ1n) is 9.33. The van der Waals surface area contributed by atoms with Gasteiger partial charge in [-0.25, -0.2) is 4.39 Å². The first-order valence-corrected chi connectivity index (χ1v) is 9.33. The minimum Gasteiger partial charge on any atom is -0.505 e. The third-order valence-electron chi connectivity index (χ3n) is 4.58. The zero-order chi connectivity index (χ0) is 19.8. The van der Waals surface area contributed by atoms with Crippen molar-refractivity contribution < 1.29 is 23.9 Å². The molecule has 0 saturated heterocycles. The van der Waals surface area contributed by atoms with Crippen molar-refractivity contribution in [1.82, 2.24) is 0 Å². The molecule has 1 atom stereocenters. The summed E-state index contributed by atoms with van der Waals surface area (Å²) < 4.78 is 24.5. The number of allylic oxidation sites excluding steroid dienone is 2. The summed E-state index contributed by atoms with van der Waals surface area (Å²) in [6.07, 6.45) is 7.43. The van der Waals surface area contributed by atoms with Crippen LogP contribution < -0.4 is 0 Å². The Kier molecular flexibility index (Phi) is 8.29. The van der Waals surface area contributed by atoms with E-state index in [1.165, 1.54) is 17.7 Å². The summed E-state index contributed by atoms with van der Waals surface area (Å²) in [6.45, 7) is 6.58. The fraction of sp³-hybridized carbons (Fsp3) is 0.429. The number of phenolic OH excluding ortho intramolecular Hbond substituents is 1. The molecule has 146 valence electrons. The normalized spacial score (nSPS) is 17.8. The Morgan fingerprint density at radius 2 is 2.22 bits per heavy atom. The average molecular weight is 374 g/mol. The lowest BCUT2D eigenvalue weighted by Crippen LogP contribution is -2.32. The van der Waals surface area contributed by atoms with E-state index < -0.39 is 12.9 Å². The largest absolute Gasteiger partial charge is 0.505 e. The van der Waals surface area contributed by atoms with E-state index in [1.54, 1.807) is 13.2 Å². The van der Waals surface area contributed by atoms with Crippen molar-refractivity contribution in [1.29, 1.82) is 0 Å². The Balaban J connectivity index is 2.12. The molecular weight excluding hydrogens is 346 g/mol. The van der Waals surface area contributed by atoms with Crippen LogP contribution in [0.25, 0.3) is 6.08 Å². The van der Waals surface area contributed by atoms with Gasteiger partial charge in [0.05, 0.1) is 12.7 Å². The molecule has 1 aromatic carbocycles. The molecule has 1 aliphatic heterocycles. The molecule has 0 spiro atoms. The zero-order valence-electron chi connectivity index (χ0n) is 16.1. The Morgan fingerprint density at radius 1 is 1.44 bits per heavy atom. The molecule has 1 aliphatic rings. The molecule has 0 saturated carbocycles. The monoisotopic (exact) mass is 374 g/mol. The molecule has 1 aromatic rings. The number of rotatable bonds is 9. The lowest BCUT2D eigenvalue weighted by Gasteiger charge is -2.28. The van der Waals surface area contributed by atoms with Crippen LogP contribution >= 0.6 is 0 Å². The van der Waals surface area contributed by atoms with Gasteiger partial charge in [0.1, 0.15) is 0 Å². The second kappa shape index (κ2) is 10.4. The standard InChI is InChI=1S/C21H28BFO4/c1-4-5-16(12-17-6-8-20(24)19(23)13-17)7-9-21-18(15(2)14-26-3)10-11-22(25)27-21/h6,8,10,12-13,21,24-25H,2,4-5,7,9,11,14H2,1,3H3/b16-12+. The molecule has 4 nitrogen and oxygen atoms in total. The molecule has 2 N–H and O–H groups in total. The third kappa shape index (κ3) is 6.34. The van der Waals surface area contributed by atoms with Gasteiger partial charge in [0, 0.05) is 13.4 Å². The molecule has 0 amide bonds. The van der Waals surface area contributed by atoms with E-state index in [-0.39, 0.29) is 11.9 Å². The molecule has 1 heterocycles. The molecule has 2 rings (SSSR count). The van der Waals surface area contributed by atoms with Crippen LogP contribution in [-0.2, 0) is 9.39 Å². The lowest BCUT2D eigenvalue weighted by molar-refractivity contribution is 0.176. The second-order valence-corrected chi connectivity index (χ2v) is 6.81. The van der Waals surface area contributed by atoms with Crippen LogP contribution in [0.2, 0.25) is 6.32 Å². The smallest absolute Gasteiger partial charge is 0.458 e.